The molecule has 0 aliphatic rings. The van der Waals surface area contributed by atoms with E-state index < -0.39 is 39.7 Å². The van der Waals surface area contributed by atoms with Crippen LogP contribution in [0.4, 0.5) is 0 Å². The van der Waals surface area contributed by atoms with Gasteiger partial charge in [0.25, 0.3) is 0 Å². The number of carboxylic acid groups (broad SMARTS) is 1. The fourth-order valence-electron chi connectivity index (χ4n) is 1.07. The third-order valence-electron chi connectivity index (χ3n) is 2.02. The van der Waals surface area contributed by atoms with Crippen molar-refractivity contribution in [2.45, 2.75) is 18.9 Å². The van der Waals surface area contributed by atoms with Crippen LogP contribution in [0.3, 0.4) is 0 Å². The average Bonchev–Trinajstić information content (AvgIpc) is 2.32. The summed E-state index contributed by atoms with van der Waals surface area (Å²) in [6.07, 6.45) is -0.559. The zero-order chi connectivity index (χ0) is 15.1. The van der Waals surface area contributed by atoms with Crippen LogP contribution in [0, 0.1) is 0 Å². The van der Waals surface area contributed by atoms with Crippen LogP contribution in [0.2, 0.25) is 0 Å². The number of aliphatic carboxylic acids is 1. The summed E-state index contributed by atoms with van der Waals surface area (Å²) in [5.41, 5.74) is 0. The molecule has 9 nitrogen and oxygen atoms in total. The van der Waals surface area contributed by atoms with Crippen LogP contribution in [-0.2, 0) is 33.9 Å². The van der Waals surface area contributed by atoms with E-state index in [1.807, 2.05) is 0 Å². The molecule has 0 aliphatic carbocycles. The molecule has 0 bridgehead atoms. The molecule has 0 saturated carbocycles. The van der Waals surface area contributed by atoms with Crippen molar-refractivity contribution in [1.82, 2.24) is 4.72 Å². The predicted octanol–water partition coefficient (Wildman–Crippen LogP) is -1.51. The third kappa shape index (κ3) is 7.36. The molecule has 0 heterocycles. The number of esters is 2. The van der Waals surface area contributed by atoms with E-state index in [2.05, 4.69) is 9.47 Å². The summed E-state index contributed by atoms with van der Waals surface area (Å²) < 4.78 is 33.1. The van der Waals surface area contributed by atoms with Crippen molar-refractivity contribution >= 4 is 27.9 Å². The molecule has 0 unspecified atom stereocenters. The molecule has 19 heavy (non-hydrogen) atoms. The van der Waals surface area contributed by atoms with E-state index in [9.17, 15) is 22.8 Å². The fraction of sp³-hybridized carbons (Fsp3) is 0.667. The van der Waals surface area contributed by atoms with Gasteiger partial charge in [-0.15, -0.1) is 0 Å². The Hall–Kier alpha value is -1.68. The van der Waals surface area contributed by atoms with Gasteiger partial charge in [-0.1, -0.05) is 0 Å². The lowest BCUT2D eigenvalue weighted by molar-refractivity contribution is -0.142. The van der Waals surface area contributed by atoms with E-state index in [-0.39, 0.29) is 12.8 Å². The Morgan fingerprint density at radius 1 is 1.16 bits per heavy atom. The zero-order valence-electron chi connectivity index (χ0n) is 10.4. The van der Waals surface area contributed by atoms with Gasteiger partial charge in [0.15, 0.2) is 5.75 Å². The molecule has 0 fully saturated rings. The van der Waals surface area contributed by atoms with Gasteiger partial charge in [-0.05, 0) is 6.42 Å². The molecule has 2 N–H and O–H groups in total. The summed E-state index contributed by atoms with van der Waals surface area (Å²) in [4.78, 5) is 32.5. The normalized spacial score (nSPS) is 12.5. The van der Waals surface area contributed by atoms with E-state index in [0.717, 1.165) is 14.2 Å². The van der Waals surface area contributed by atoms with Crippen molar-refractivity contribution in [2.75, 3.05) is 20.0 Å². The molecule has 1 atom stereocenters. The van der Waals surface area contributed by atoms with Crippen LogP contribution in [0.25, 0.3) is 0 Å². The molecule has 0 aliphatic heterocycles. The van der Waals surface area contributed by atoms with Gasteiger partial charge in [-0.25, -0.2) is 13.1 Å². The molecule has 0 aromatic heterocycles. The van der Waals surface area contributed by atoms with Crippen LogP contribution in [0.1, 0.15) is 12.8 Å². The predicted molar refractivity (Wildman–Crippen MR) is 61.6 cm³/mol. The first-order chi connectivity index (χ1) is 8.71. The number of rotatable bonds is 8. The summed E-state index contributed by atoms with van der Waals surface area (Å²) in [6, 6.07) is -1.52. The van der Waals surface area contributed by atoms with Crippen molar-refractivity contribution < 1.29 is 37.4 Å². The summed E-state index contributed by atoms with van der Waals surface area (Å²) in [7, 11) is -2.02. The number of hydrogen-bond donors (Lipinski definition) is 2. The Kier molecular flexibility index (Phi) is 7.01. The second-order valence-corrected chi connectivity index (χ2v) is 5.21. The van der Waals surface area contributed by atoms with Crippen LogP contribution >= 0.6 is 0 Å². The quantitative estimate of drug-likeness (QED) is 0.516. The van der Waals surface area contributed by atoms with Gasteiger partial charge in [0.2, 0.25) is 10.0 Å². The molecular weight excluding hydrogens is 282 g/mol. The number of hydrogen-bond acceptors (Lipinski definition) is 7. The summed E-state index contributed by atoms with van der Waals surface area (Å²) in [5.74, 6) is -4.15. The summed E-state index contributed by atoms with van der Waals surface area (Å²) in [5, 5.41) is 8.82. The van der Waals surface area contributed by atoms with Gasteiger partial charge in [0, 0.05) is 6.42 Å². The van der Waals surface area contributed by atoms with Gasteiger partial charge in [-0.2, -0.15) is 0 Å². The van der Waals surface area contributed by atoms with E-state index in [4.69, 9.17) is 5.11 Å². The number of carbonyl (C=O) groups excluding carboxylic acids is 2. The van der Waals surface area contributed by atoms with E-state index in [1.165, 1.54) is 0 Å². The average molecular weight is 297 g/mol. The van der Waals surface area contributed by atoms with E-state index in [1.54, 1.807) is 4.72 Å². The first-order valence-electron chi connectivity index (χ1n) is 5.08. The van der Waals surface area contributed by atoms with Gasteiger partial charge < -0.3 is 14.6 Å². The largest absolute Gasteiger partial charge is 0.480 e. The van der Waals surface area contributed by atoms with Gasteiger partial charge >= 0.3 is 17.9 Å². The maximum atomic E-state index is 11.4. The number of sulfonamides is 1. The highest BCUT2D eigenvalue weighted by Gasteiger charge is 2.26. The monoisotopic (exact) mass is 297 g/mol. The molecule has 0 aromatic carbocycles. The van der Waals surface area contributed by atoms with Crippen molar-refractivity contribution in [1.29, 1.82) is 0 Å². The highest BCUT2D eigenvalue weighted by atomic mass is 32.2. The number of carboxylic acids is 1. The van der Waals surface area contributed by atoms with Crippen LogP contribution in [0.15, 0.2) is 0 Å². The lowest BCUT2D eigenvalue weighted by Crippen LogP contribution is -2.43. The fourth-order valence-corrected chi connectivity index (χ4v) is 2.23. The lowest BCUT2D eigenvalue weighted by Gasteiger charge is -2.13. The first kappa shape index (κ1) is 17.3. The lowest BCUT2D eigenvalue weighted by atomic mass is 10.2. The Morgan fingerprint density at radius 3 is 2.11 bits per heavy atom. The van der Waals surface area contributed by atoms with Crippen molar-refractivity contribution in [3.8, 4) is 0 Å². The summed E-state index contributed by atoms with van der Waals surface area (Å²) in [6.45, 7) is 0. The third-order valence-corrected chi connectivity index (χ3v) is 3.28. The van der Waals surface area contributed by atoms with Gasteiger partial charge in [0.05, 0.1) is 14.2 Å². The Balaban J connectivity index is 4.62. The minimum absolute atomic E-state index is 0.270. The zero-order valence-corrected chi connectivity index (χ0v) is 11.2. The molecule has 0 saturated heterocycles. The van der Waals surface area contributed by atoms with Crippen molar-refractivity contribution in [3.05, 3.63) is 0 Å². The maximum absolute atomic E-state index is 11.4. The molecule has 0 amide bonds. The minimum atomic E-state index is -4.15. The number of ether oxygens (including phenoxy) is 2. The van der Waals surface area contributed by atoms with Crippen LogP contribution in [0.5, 0.6) is 0 Å². The maximum Gasteiger partial charge on any atom is 0.322 e. The molecular formula is C9H15NO8S. The molecule has 10 heteroatoms. The molecule has 0 radical (unpaired) electrons. The Morgan fingerprint density at radius 2 is 1.68 bits per heavy atom. The molecule has 0 spiro atoms. The highest BCUT2D eigenvalue weighted by molar-refractivity contribution is 7.90. The SMILES string of the molecule is COC(=O)CC[C@@H](NS(=O)(=O)CC(=O)OC)C(=O)O. The van der Waals surface area contributed by atoms with Crippen molar-refractivity contribution in [3.63, 3.8) is 0 Å². The molecule has 0 rings (SSSR count). The van der Waals surface area contributed by atoms with E-state index >= 15 is 0 Å². The van der Waals surface area contributed by atoms with Crippen molar-refractivity contribution in [2.24, 2.45) is 0 Å². The smallest absolute Gasteiger partial charge is 0.322 e. The summed E-state index contributed by atoms with van der Waals surface area (Å²) >= 11 is 0. The van der Waals surface area contributed by atoms with Crippen LogP contribution < -0.4 is 4.72 Å². The Bertz CT molecular complexity index is 443. The van der Waals surface area contributed by atoms with Gasteiger partial charge in [-0.3, -0.25) is 14.4 Å². The van der Waals surface area contributed by atoms with Crippen LogP contribution in [-0.4, -0.2) is 57.4 Å². The minimum Gasteiger partial charge on any atom is -0.480 e. The molecule has 110 valence electrons. The highest BCUT2D eigenvalue weighted by Crippen LogP contribution is 2.02. The second-order valence-electron chi connectivity index (χ2n) is 3.46. The number of nitrogens with one attached hydrogen (secondary N) is 1. The second kappa shape index (κ2) is 7.69. The topological polar surface area (TPSA) is 136 Å². The number of methoxy groups -OCH3 is 2. The van der Waals surface area contributed by atoms with Gasteiger partial charge in [0.1, 0.15) is 6.04 Å². The Labute approximate surface area is 109 Å². The standard InChI is InChI=1S/C9H15NO8S/c1-17-7(11)4-3-6(9(13)14)10-19(15,16)5-8(12)18-2/h6,10H,3-5H2,1-2H3,(H,13,14)/t6-/m1/s1. The number of carbonyl (C=O) groups is 3. The molecule has 0 aromatic rings. The first-order valence-corrected chi connectivity index (χ1v) is 6.73. The van der Waals surface area contributed by atoms with E-state index in [0.29, 0.717) is 0 Å².